The third-order valence-electron chi connectivity index (χ3n) is 3.97. The predicted molar refractivity (Wildman–Crippen MR) is 108 cm³/mol. The smallest absolute Gasteiger partial charge is 0.248 e. The Morgan fingerprint density at radius 1 is 1.12 bits per heavy atom. The topological polar surface area (TPSA) is 68.0 Å². The molecule has 1 amide bonds. The number of pyridine rings is 1. The number of rotatable bonds is 4. The number of hydrogen-bond acceptors (Lipinski definition) is 3. The van der Waals surface area contributed by atoms with Crippen LogP contribution in [0.1, 0.15) is 11.1 Å². The molecule has 3 N–H and O–H groups in total. The van der Waals surface area contributed by atoms with E-state index in [1.165, 1.54) is 6.08 Å². The molecule has 1 aromatic heterocycles. The predicted octanol–water partition coefficient (Wildman–Crippen LogP) is 4.94. The fraction of sp³-hybridized carbons (Fsp3) is 0.0476. The van der Waals surface area contributed by atoms with Crippen molar-refractivity contribution in [2.45, 2.75) is 6.92 Å². The maximum absolute atomic E-state index is 12.2. The summed E-state index contributed by atoms with van der Waals surface area (Å²) in [4.78, 5) is 16.2. The maximum Gasteiger partial charge on any atom is 0.248 e. The number of nitrogens with zero attached hydrogens (tertiary/aromatic N) is 1. The van der Waals surface area contributed by atoms with Crippen molar-refractivity contribution in [1.29, 1.82) is 0 Å². The number of nitrogens with two attached hydrogens (primary N) is 1. The van der Waals surface area contributed by atoms with Gasteiger partial charge in [-0.2, -0.15) is 0 Å². The lowest BCUT2D eigenvalue weighted by Gasteiger charge is -2.07. The van der Waals surface area contributed by atoms with Crippen molar-refractivity contribution in [3.05, 3.63) is 83.2 Å². The molecule has 1 heterocycles. The minimum absolute atomic E-state index is 0.236. The SMILES string of the molecule is Cc1ccc(-c2ccnc(Cl)c2)cc1/C=C/C(=O)Nc1ccccc1N. The molecule has 0 aliphatic carbocycles. The first-order chi connectivity index (χ1) is 12.5. The molecule has 0 aliphatic rings. The van der Waals surface area contributed by atoms with Crippen LogP contribution in [0, 0.1) is 6.92 Å². The van der Waals surface area contributed by atoms with Crippen LogP contribution in [0.5, 0.6) is 0 Å². The van der Waals surface area contributed by atoms with E-state index in [-0.39, 0.29) is 5.91 Å². The fourth-order valence-electron chi connectivity index (χ4n) is 2.53. The third kappa shape index (κ3) is 4.29. The summed E-state index contributed by atoms with van der Waals surface area (Å²) in [6, 6.07) is 16.9. The van der Waals surface area contributed by atoms with Crippen molar-refractivity contribution in [2.24, 2.45) is 0 Å². The molecule has 130 valence electrons. The molecule has 0 saturated heterocycles. The second-order valence-corrected chi connectivity index (χ2v) is 6.24. The number of para-hydroxylation sites is 2. The Kier molecular flexibility index (Phi) is 5.34. The van der Waals surface area contributed by atoms with Gasteiger partial charge in [-0.25, -0.2) is 4.98 Å². The first-order valence-electron chi connectivity index (χ1n) is 8.09. The standard InChI is InChI=1S/C21H18ClN3O/c1-14-6-7-16(17-10-11-24-20(22)13-17)12-15(14)8-9-21(26)25-19-5-3-2-4-18(19)23/h2-13H,23H2,1H3,(H,25,26)/b9-8+. The molecule has 5 heteroatoms. The molecule has 3 aromatic rings. The van der Waals surface area contributed by atoms with Gasteiger partial charge in [0.15, 0.2) is 0 Å². The zero-order chi connectivity index (χ0) is 18.5. The minimum Gasteiger partial charge on any atom is -0.397 e. The molecule has 2 aromatic carbocycles. The van der Waals surface area contributed by atoms with Crippen LogP contribution in [-0.4, -0.2) is 10.9 Å². The van der Waals surface area contributed by atoms with Gasteiger partial charge in [-0.1, -0.05) is 35.9 Å². The van der Waals surface area contributed by atoms with E-state index in [1.54, 1.807) is 24.4 Å². The highest BCUT2D eigenvalue weighted by atomic mass is 35.5. The molecule has 0 aliphatic heterocycles. The fourth-order valence-corrected chi connectivity index (χ4v) is 2.71. The van der Waals surface area contributed by atoms with E-state index in [9.17, 15) is 4.79 Å². The summed E-state index contributed by atoms with van der Waals surface area (Å²) in [6.07, 6.45) is 4.96. The van der Waals surface area contributed by atoms with Crippen LogP contribution in [0.15, 0.2) is 66.9 Å². The van der Waals surface area contributed by atoms with Gasteiger partial charge in [0.25, 0.3) is 0 Å². The molecule has 0 radical (unpaired) electrons. The zero-order valence-electron chi connectivity index (χ0n) is 14.2. The second-order valence-electron chi connectivity index (χ2n) is 5.85. The number of nitrogen functional groups attached to an aromatic ring is 1. The highest BCUT2D eigenvalue weighted by Crippen LogP contribution is 2.24. The van der Waals surface area contributed by atoms with Crippen molar-refractivity contribution >= 4 is 35.0 Å². The maximum atomic E-state index is 12.2. The number of carbonyl (C=O) groups excluding carboxylic acids is 1. The zero-order valence-corrected chi connectivity index (χ0v) is 15.0. The van der Waals surface area contributed by atoms with Crippen molar-refractivity contribution in [1.82, 2.24) is 4.98 Å². The Bertz CT molecular complexity index is 982. The van der Waals surface area contributed by atoms with Crippen LogP contribution in [0.25, 0.3) is 17.2 Å². The largest absolute Gasteiger partial charge is 0.397 e. The molecular weight excluding hydrogens is 346 g/mol. The van der Waals surface area contributed by atoms with E-state index >= 15 is 0 Å². The average molecular weight is 364 g/mol. The Morgan fingerprint density at radius 3 is 2.65 bits per heavy atom. The third-order valence-corrected chi connectivity index (χ3v) is 4.18. The number of halogens is 1. The van der Waals surface area contributed by atoms with Gasteiger partial charge in [-0.05, 0) is 65.6 Å². The van der Waals surface area contributed by atoms with Crippen molar-refractivity contribution in [2.75, 3.05) is 11.1 Å². The number of aromatic nitrogens is 1. The molecule has 4 nitrogen and oxygen atoms in total. The van der Waals surface area contributed by atoms with E-state index in [0.29, 0.717) is 16.5 Å². The first kappa shape index (κ1) is 17.7. The molecule has 0 spiro atoms. The Balaban J connectivity index is 1.81. The highest BCUT2D eigenvalue weighted by Gasteiger charge is 2.04. The molecule has 26 heavy (non-hydrogen) atoms. The summed E-state index contributed by atoms with van der Waals surface area (Å²) in [5.74, 6) is -0.236. The Hall–Kier alpha value is -3.11. The van der Waals surface area contributed by atoms with E-state index in [1.807, 2.05) is 49.4 Å². The van der Waals surface area contributed by atoms with Crippen LogP contribution in [0.2, 0.25) is 5.15 Å². The van der Waals surface area contributed by atoms with Gasteiger partial charge < -0.3 is 11.1 Å². The number of nitrogens with one attached hydrogen (secondary N) is 1. The van der Waals surface area contributed by atoms with Gasteiger partial charge in [0.1, 0.15) is 5.15 Å². The lowest BCUT2D eigenvalue weighted by atomic mass is 10.00. The summed E-state index contributed by atoms with van der Waals surface area (Å²) in [5, 5.41) is 3.22. The number of amides is 1. The monoisotopic (exact) mass is 363 g/mol. The lowest BCUT2D eigenvalue weighted by Crippen LogP contribution is -2.09. The molecule has 0 saturated carbocycles. The van der Waals surface area contributed by atoms with Gasteiger partial charge in [0, 0.05) is 12.3 Å². The number of carbonyl (C=O) groups is 1. The second kappa shape index (κ2) is 7.85. The van der Waals surface area contributed by atoms with Gasteiger partial charge >= 0.3 is 0 Å². The number of hydrogen-bond donors (Lipinski definition) is 2. The number of anilines is 2. The average Bonchev–Trinajstić information content (AvgIpc) is 2.63. The van der Waals surface area contributed by atoms with Crippen molar-refractivity contribution in [3.8, 4) is 11.1 Å². The summed E-state index contributed by atoms with van der Waals surface area (Å²) in [6.45, 7) is 2.00. The van der Waals surface area contributed by atoms with Crippen LogP contribution >= 0.6 is 11.6 Å². The highest BCUT2D eigenvalue weighted by molar-refractivity contribution is 6.29. The van der Waals surface area contributed by atoms with E-state index in [0.717, 1.165) is 22.3 Å². The molecule has 0 atom stereocenters. The molecule has 0 fully saturated rings. The summed E-state index contributed by atoms with van der Waals surface area (Å²) in [7, 11) is 0. The minimum atomic E-state index is -0.236. The van der Waals surface area contributed by atoms with E-state index < -0.39 is 0 Å². The first-order valence-corrected chi connectivity index (χ1v) is 8.47. The molecule has 3 rings (SSSR count). The molecular formula is C21H18ClN3O. The van der Waals surface area contributed by atoms with Crippen LogP contribution < -0.4 is 11.1 Å². The normalized spacial score (nSPS) is 10.8. The summed E-state index contributed by atoms with van der Waals surface area (Å²) in [5.41, 5.74) is 11.0. The molecule has 0 bridgehead atoms. The number of benzene rings is 2. The van der Waals surface area contributed by atoms with Crippen LogP contribution in [-0.2, 0) is 4.79 Å². The molecule has 0 unspecified atom stereocenters. The van der Waals surface area contributed by atoms with Gasteiger partial charge in [-0.3, -0.25) is 4.79 Å². The lowest BCUT2D eigenvalue weighted by molar-refractivity contribution is -0.111. The van der Waals surface area contributed by atoms with Crippen LogP contribution in [0.4, 0.5) is 11.4 Å². The van der Waals surface area contributed by atoms with E-state index in [4.69, 9.17) is 17.3 Å². The van der Waals surface area contributed by atoms with E-state index in [2.05, 4.69) is 10.3 Å². The van der Waals surface area contributed by atoms with Crippen LogP contribution in [0.3, 0.4) is 0 Å². The Labute approximate surface area is 157 Å². The summed E-state index contributed by atoms with van der Waals surface area (Å²) < 4.78 is 0. The Morgan fingerprint density at radius 2 is 1.88 bits per heavy atom. The van der Waals surface area contributed by atoms with Gasteiger partial charge in [0.05, 0.1) is 11.4 Å². The summed E-state index contributed by atoms with van der Waals surface area (Å²) >= 11 is 5.97. The van der Waals surface area contributed by atoms with Gasteiger partial charge in [-0.15, -0.1) is 0 Å². The van der Waals surface area contributed by atoms with Crippen molar-refractivity contribution in [3.63, 3.8) is 0 Å². The number of aryl methyl sites for hydroxylation is 1. The van der Waals surface area contributed by atoms with Crippen molar-refractivity contribution < 1.29 is 4.79 Å². The quantitative estimate of drug-likeness (QED) is 0.391. The van der Waals surface area contributed by atoms with Gasteiger partial charge in [0.2, 0.25) is 5.91 Å².